The molecule has 0 aliphatic rings. The van der Waals surface area contributed by atoms with Crippen molar-refractivity contribution in [3.8, 4) is 22.5 Å². The van der Waals surface area contributed by atoms with Gasteiger partial charge in [0.2, 0.25) is 0 Å². The quantitative estimate of drug-likeness (QED) is 0.124. The van der Waals surface area contributed by atoms with Crippen molar-refractivity contribution in [2.24, 2.45) is 0 Å². The fraction of sp³-hybridized carbons (Fsp3) is 0.190. The molecular weight excluding hydrogens is 788 g/mol. The Morgan fingerprint density at radius 2 is 1.65 bits per heavy atom. The molecule has 245 valence electrons. The third kappa shape index (κ3) is 7.73. The molecule has 6 heteroatoms. The number of para-hydroxylation sites is 1. The molecule has 1 radical (unpaired) electrons. The molecule has 0 unspecified atom stereocenters. The van der Waals surface area contributed by atoms with Crippen molar-refractivity contribution in [3.05, 3.63) is 150 Å². The van der Waals surface area contributed by atoms with Gasteiger partial charge < -0.3 is 14.4 Å². The summed E-state index contributed by atoms with van der Waals surface area (Å²) in [5.74, 6) is -1.41. The van der Waals surface area contributed by atoms with Gasteiger partial charge in [0.05, 0.1) is 13.7 Å². The summed E-state index contributed by atoms with van der Waals surface area (Å²) in [4.78, 5) is 8.86. The molecule has 0 spiro atoms. The molecule has 3 heterocycles. The molecule has 0 saturated heterocycles. The van der Waals surface area contributed by atoms with Crippen molar-refractivity contribution < 1.29 is 37.1 Å². The van der Waals surface area contributed by atoms with Crippen molar-refractivity contribution in [3.63, 3.8) is 0 Å². The average molecular weight is 833 g/mol. The summed E-state index contributed by atoms with van der Waals surface area (Å²) < 4.78 is 69.0. The molecule has 0 N–H and O–H groups in total. The third-order valence-electron chi connectivity index (χ3n) is 7.85. The number of halogens is 1. The second-order valence-corrected chi connectivity index (χ2v) is 17.6. The van der Waals surface area contributed by atoms with E-state index in [9.17, 15) is 4.39 Å². The molecule has 0 atom stereocenters. The zero-order valence-electron chi connectivity index (χ0n) is 33.4. The van der Waals surface area contributed by atoms with Crippen LogP contribution in [0.25, 0.3) is 44.5 Å². The minimum atomic E-state index is -2.43. The number of benzene rings is 4. The van der Waals surface area contributed by atoms with E-state index >= 15 is 0 Å². The standard InChI is InChI=1S/C22H23FNSi.C20H16NO.Ir/c1-16-10-11-19(20(23)12-16)21-14-18(13-17-8-6-5-7-9-17)22(15-24-21)25(2,3)4;1-13(2)14-10-11-21-18(12-14)17-8-5-7-16-15-6-3-4-9-19(15)22-20(16)17;/h5-10,12,14-15H,13H2,1-4H3;3-7,9-13H,1-2H3;/q2*-1;/i1D3,13D2;13D;. The summed E-state index contributed by atoms with van der Waals surface area (Å²) in [7, 11) is -1.97. The van der Waals surface area contributed by atoms with Gasteiger partial charge in [0, 0.05) is 51.9 Å². The summed E-state index contributed by atoms with van der Waals surface area (Å²) in [6, 6.07) is 34.3. The van der Waals surface area contributed by atoms with E-state index in [1.807, 2.05) is 62.4 Å². The third-order valence-corrected chi connectivity index (χ3v) is 9.86. The summed E-state index contributed by atoms with van der Waals surface area (Å²) in [6.07, 6.45) is 1.57. The van der Waals surface area contributed by atoms with Gasteiger partial charge in [-0.1, -0.05) is 129 Å². The van der Waals surface area contributed by atoms with Gasteiger partial charge in [-0.15, -0.1) is 42.0 Å². The molecule has 0 bridgehead atoms. The van der Waals surface area contributed by atoms with Gasteiger partial charge in [0.1, 0.15) is 5.58 Å². The number of fused-ring (bicyclic) bond motifs is 3. The molecule has 0 amide bonds. The van der Waals surface area contributed by atoms with E-state index in [1.54, 1.807) is 42.7 Å². The molecular formula is C42H39FIrN2OSi-2. The van der Waals surface area contributed by atoms with Crippen LogP contribution >= 0.6 is 0 Å². The number of hydrogen-bond donors (Lipinski definition) is 0. The number of rotatable bonds is 6. The maximum atomic E-state index is 14.7. The first-order chi connectivity index (χ1) is 24.9. The topological polar surface area (TPSA) is 38.9 Å². The molecule has 0 fully saturated rings. The second kappa shape index (κ2) is 14.9. The van der Waals surface area contributed by atoms with Gasteiger partial charge in [0.25, 0.3) is 0 Å². The zero-order valence-corrected chi connectivity index (χ0v) is 30.8. The minimum absolute atomic E-state index is 0. The van der Waals surface area contributed by atoms with Crippen LogP contribution in [0.1, 0.15) is 50.2 Å². The summed E-state index contributed by atoms with van der Waals surface area (Å²) >= 11 is 0. The van der Waals surface area contributed by atoms with E-state index < -0.39 is 33.0 Å². The van der Waals surface area contributed by atoms with Gasteiger partial charge in [-0.2, -0.15) is 0 Å². The molecule has 3 aromatic heterocycles. The van der Waals surface area contributed by atoms with Gasteiger partial charge in [-0.3, -0.25) is 4.39 Å². The van der Waals surface area contributed by atoms with Crippen molar-refractivity contribution in [1.29, 1.82) is 0 Å². The van der Waals surface area contributed by atoms with E-state index in [2.05, 4.69) is 47.8 Å². The Morgan fingerprint density at radius 3 is 2.38 bits per heavy atom. The van der Waals surface area contributed by atoms with Gasteiger partial charge in [-0.05, 0) is 46.5 Å². The van der Waals surface area contributed by atoms with Crippen molar-refractivity contribution in [2.45, 2.75) is 52.6 Å². The van der Waals surface area contributed by atoms with Gasteiger partial charge in [0.15, 0.2) is 0 Å². The number of pyridine rings is 2. The number of nitrogens with zero attached hydrogens (tertiary/aromatic N) is 2. The first kappa shape index (κ1) is 27.7. The SMILES string of the molecule is [2H]C(C)(C)c1ccnc(-c2[c-]ccc3c2oc2ccccc23)c1.[2H]C([2H])([2H])c1c[c-]c(-c2cc(C([2H])([2H])c3ccccc3)c([Si](C)(C)C)cn2)c(F)c1.[Ir]. The van der Waals surface area contributed by atoms with Crippen LogP contribution in [0.3, 0.4) is 0 Å². The summed E-state index contributed by atoms with van der Waals surface area (Å²) in [5.41, 5.74) is 5.26. The number of hydrogen-bond acceptors (Lipinski definition) is 3. The minimum Gasteiger partial charge on any atom is -0.501 e. The van der Waals surface area contributed by atoms with Crippen LogP contribution in [0, 0.1) is 24.8 Å². The Balaban J connectivity index is 0.000000210. The molecule has 0 aliphatic carbocycles. The first-order valence-electron chi connectivity index (χ1n) is 18.4. The van der Waals surface area contributed by atoms with E-state index in [0.717, 1.165) is 50.0 Å². The normalized spacial score (nSPS) is 14.0. The van der Waals surface area contributed by atoms with Crippen molar-refractivity contribution >= 4 is 35.2 Å². The zero-order chi connectivity index (χ0) is 38.3. The van der Waals surface area contributed by atoms with Crippen LogP contribution in [0.15, 0.2) is 114 Å². The molecule has 7 rings (SSSR count). The van der Waals surface area contributed by atoms with Crippen molar-refractivity contribution in [1.82, 2.24) is 9.97 Å². The van der Waals surface area contributed by atoms with E-state index in [-0.39, 0.29) is 36.9 Å². The van der Waals surface area contributed by atoms with Crippen LogP contribution in [-0.4, -0.2) is 18.0 Å². The number of aryl methyl sites for hydroxylation is 1. The van der Waals surface area contributed by atoms with E-state index in [0.29, 0.717) is 11.1 Å². The number of aromatic nitrogens is 2. The van der Waals surface area contributed by atoms with E-state index in [4.69, 9.17) is 12.6 Å². The van der Waals surface area contributed by atoms with Crippen LogP contribution in [-0.2, 0) is 26.5 Å². The largest absolute Gasteiger partial charge is 0.501 e. The molecule has 48 heavy (non-hydrogen) atoms. The second-order valence-electron chi connectivity index (χ2n) is 12.6. The average Bonchev–Trinajstić information content (AvgIpc) is 3.50. The van der Waals surface area contributed by atoms with Crippen LogP contribution in [0.2, 0.25) is 19.6 Å². The molecule has 7 aromatic rings. The fourth-order valence-electron chi connectivity index (χ4n) is 5.39. The predicted octanol–water partition coefficient (Wildman–Crippen LogP) is 10.7. The Labute approximate surface area is 306 Å². The number of furan rings is 1. The Bertz CT molecular complexity index is 2420. The summed E-state index contributed by atoms with van der Waals surface area (Å²) in [6.45, 7) is 7.63. The Morgan fingerprint density at radius 1 is 0.896 bits per heavy atom. The predicted molar refractivity (Wildman–Crippen MR) is 195 cm³/mol. The maximum absolute atomic E-state index is 14.7. The van der Waals surface area contributed by atoms with Crippen LogP contribution in [0.5, 0.6) is 0 Å². The van der Waals surface area contributed by atoms with Gasteiger partial charge >= 0.3 is 0 Å². The molecule has 0 saturated carbocycles. The van der Waals surface area contributed by atoms with Gasteiger partial charge in [-0.25, -0.2) is 0 Å². The van der Waals surface area contributed by atoms with E-state index in [1.165, 1.54) is 6.07 Å². The van der Waals surface area contributed by atoms with Crippen LogP contribution < -0.4 is 5.19 Å². The molecule has 3 nitrogen and oxygen atoms in total. The molecule has 0 aliphatic heterocycles. The smallest absolute Gasteiger partial charge is 0.120 e. The fourth-order valence-corrected chi connectivity index (χ4v) is 6.79. The molecule has 4 aromatic carbocycles. The Hall–Kier alpha value is -4.22. The van der Waals surface area contributed by atoms with Crippen LogP contribution in [0.4, 0.5) is 4.39 Å². The Kier molecular flexibility index (Phi) is 8.60. The first-order valence-corrected chi connectivity index (χ1v) is 18.9. The van der Waals surface area contributed by atoms with Crippen molar-refractivity contribution in [2.75, 3.05) is 0 Å². The summed E-state index contributed by atoms with van der Waals surface area (Å²) in [5, 5.41) is 3.00. The monoisotopic (exact) mass is 833 g/mol. The maximum Gasteiger partial charge on any atom is 0.120 e.